The summed E-state index contributed by atoms with van der Waals surface area (Å²) in [5.41, 5.74) is 0.407. The van der Waals surface area contributed by atoms with E-state index in [0.29, 0.717) is 22.2 Å². The topological polar surface area (TPSA) is 55.8 Å². The first-order chi connectivity index (χ1) is 16.8. The quantitative estimate of drug-likeness (QED) is 0.317. The van der Waals surface area contributed by atoms with Gasteiger partial charge in [0.2, 0.25) is 0 Å². The summed E-state index contributed by atoms with van der Waals surface area (Å²) in [5.74, 6) is 2.25. The second kappa shape index (κ2) is 8.31. The molecule has 5 rings (SSSR count). The molecule has 0 radical (unpaired) electrons. The molecule has 0 saturated heterocycles. The largest absolute Gasteiger partial charge is 0.469 e. The second-order valence-corrected chi connectivity index (χ2v) is 14.9. The van der Waals surface area contributed by atoms with Crippen molar-refractivity contribution in [3.8, 4) is 0 Å². The summed E-state index contributed by atoms with van der Waals surface area (Å²) in [6.07, 6.45) is 15.8. The maximum Gasteiger partial charge on any atom is 0.314 e. The van der Waals surface area contributed by atoms with Crippen LogP contribution in [0.15, 0.2) is 12.2 Å². The minimum Gasteiger partial charge on any atom is -0.469 e. The van der Waals surface area contributed by atoms with Crippen molar-refractivity contribution in [1.82, 2.24) is 0 Å². The fourth-order valence-corrected chi connectivity index (χ4v) is 11.3. The zero-order valence-corrected chi connectivity index (χ0v) is 24.3. The number of esters is 1. The Balaban J connectivity index is 1.40. The summed E-state index contributed by atoms with van der Waals surface area (Å²) in [6, 6.07) is 0. The van der Waals surface area contributed by atoms with E-state index in [2.05, 4.69) is 46.8 Å². The average Bonchev–Trinajstić information content (AvgIpc) is 3.43. The van der Waals surface area contributed by atoms with Crippen molar-refractivity contribution in [3.63, 3.8) is 0 Å². The van der Waals surface area contributed by atoms with Crippen LogP contribution < -0.4 is 0 Å². The lowest BCUT2D eigenvalue weighted by atomic mass is 9.41. The van der Waals surface area contributed by atoms with Crippen molar-refractivity contribution >= 4 is 5.97 Å². The molecular weight excluding hydrogens is 448 g/mol. The number of allylic oxidation sites excluding steroid dienone is 1. The zero-order valence-electron chi connectivity index (χ0n) is 24.3. The number of fused-ring (bicyclic) bond motifs is 2. The van der Waals surface area contributed by atoms with Crippen LogP contribution in [0.2, 0.25) is 0 Å². The van der Waals surface area contributed by atoms with E-state index in [1.807, 2.05) is 6.92 Å². The Hall–Kier alpha value is -0.870. The number of carbonyl (C=O) groups is 1. The normalized spacial score (nSPS) is 50.6. The maximum absolute atomic E-state index is 13.1. The highest BCUT2D eigenvalue weighted by molar-refractivity contribution is 5.78. The molecule has 0 aromatic carbocycles. The third-order valence-corrected chi connectivity index (χ3v) is 13.7. The van der Waals surface area contributed by atoms with Crippen LogP contribution >= 0.6 is 0 Å². The number of ether oxygens (including phenoxy) is 2. The molecule has 5 aliphatic rings. The number of carbonyl (C=O) groups excluding carboxylic acids is 1. The van der Waals surface area contributed by atoms with Gasteiger partial charge in [0.05, 0.1) is 24.2 Å². The van der Waals surface area contributed by atoms with Gasteiger partial charge in [0.1, 0.15) is 0 Å². The zero-order chi connectivity index (χ0) is 26.4. The maximum atomic E-state index is 13.1. The fraction of sp³-hybridized carbons (Fsp3) is 0.906. The van der Waals surface area contributed by atoms with E-state index in [1.54, 1.807) is 7.11 Å². The van der Waals surface area contributed by atoms with Gasteiger partial charge in [-0.2, -0.15) is 0 Å². The van der Waals surface area contributed by atoms with Crippen molar-refractivity contribution < 1.29 is 19.4 Å². The number of hydrogen-bond donors (Lipinski definition) is 1. The molecule has 4 nitrogen and oxygen atoms in total. The van der Waals surface area contributed by atoms with Crippen LogP contribution in [0.5, 0.6) is 0 Å². The van der Waals surface area contributed by atoms with Crippen molar-refractivity contribution in [2.24, 2.45) is 50.7 Å². The molecule has 36 heavy (non-hydrogen) atoms. The summed E-state index contributed by atoms with van der Waals surface area (Å²) in [6.45, 7) is 14.0. The summed E-state index contributed by atoms with van der Waals surface area (Å²) in [7, 11) is 3.28. The van der Waals surface area contributed by atoms with E-state index in [0.717, 1.165) is 37.5 Å². The lowest BCUT2D eigenvalue weighted by Crippen LogP contribution is -2.60. The predicted octanol–water partition coefficient (Wildman–Crippen LogP) is 6.95. The Morgan fingerprint density at radius 1 is 0.972 bits per heavy atom. The highest BCUT2D eigenvalue weighted by Crippen LogP contribution is 2.89. The number of methoxy groups -OCH3 is 2. The summed E-state index contributed by atoms with van der Waals surface area (Å²) in [5, 5.41) is 11.1. The van der Waals surface area contributed by atoms with Gasteiger partial charge < -0.3 is 14.6 Å². The first kappa shape index (κ1) is 26.7. The second-order valence-electron chi connectivity index (χ2n) is 14.9. The van der Waals surface area contributed by atoms with E-state index >= 15 is 0 Å². The Labute approximate surface area is 220 Å². The van der Waals surface area contributed by atoms with Crippen LogP contribution in [-0.2, 0) is 14.3 Å². The summed E-state index contributed by atoms with van der Waals surface area (Å²) >= 11 is 0. The SMILES string of the molecule is COC(=O)[C@@]1(C)C2CCC3[C@]4(CC[C@]5(C)[C@@H]([C@H](C)C/C=C/C(C)(C)OC)CC[C@@]35C)C[C@]24CC[C@@H]1O. The van der Waals surface area contributed by atoms with Crippen LogP contribution in [0.4, 0.5) is 0 Å². The smallest absolute Gasteiger partial charge is 0.314 e. The Morgan fingerprint density at radius 2 is 1.64 bits per heavy atom. The molecule has 2 spiro atoms. The molecule has 0 heterocycles. The van der Waals surface area contributed by atoms with Gasteiger partial charge in [0.15, 0.2) is 0 Å². The van der Waals surface area contributed by atoms with E-state index in [4.69, 9.17) is 9.47 Å². The van der Waals surface area contributed by atoms with Crippen LogP contribution in [-0.4, -0.2) is 37.0 Å². The van der Waals surface area contributed by atoms with Crippen LogP contribution in [0.1, 0.15) is 106 Å². The molecule has 10 atom stereocenters. The Morgan fingerprint density at radius 3 is 2.31 bits per heavy atom. The first-order valence-electron chi connectivity index (χ1n) is 14.8. The summed E-state index contributed by atoms with van der Waals surface area (Å²) in [4.78, 5) is 13.1. The average molecular weight is 501 g/mol. The lowest BCUT2D eigenvalue weighted by molar-refractivity contribution is -0.191. The predicted molar refractivity (Wildman–Crippen MR) is 143 cm³/mol. The molecule has 0 amide bonds. The summed E-state index contributed by atoms with van der Waals surface area (Å²) < 4.78 is 10.9. The molecule has 1 N–H and O–H groups in total. The van der Waals surface area contributed by atoms with Gasteiger partial charge in [0.25, 0.3) is 0 Å². The Kier molecular flexibility index (Phi) is 6.17. The highest BCUT2D eigenvalue weighted by atomic mass is 16.5. The molecule has 5 saturated carbocycles. The lowest BCUT2D eigenvalue weighted by Gasteiger charge is -2.63. The van der Waals surface area contributed by atoms with Gasteiger partial charge in [0, 0.05) is 7.11 Å². The molecule has 5 aliphatic carbocycles. The van der Waals surface area contributed by atoms with Crippen LogP contribution in [0.25, 0.3) is 0 Å². The number of aliphatic hydroxyl groups excluding tert-OH is 1. The van der Waals surface area contributed by atoms with Crippen molar-refractivity contribution in [2.75, 3.05) is 14.2 Å². The van der Waals surface area contributed by atoms with E-state index < -0.39 is 11.5 Å². The van der Waals surface area contributed by atoms with Gasteiger partial charge in [-0.1, -0.05) is 32.9 Å². The van der Waals surface area contributed by atoms with E-state index in [1.165, 1.54) is 45.6 Å². The van der Waals surface area contributed by atoms with Crippen molar-refractivity contribution in [1.29, 1.82) is 0 Å². The van der Waals surface area contributed by atoms with E-state index in [9.17, 15) is 9.90 Å². The molecule has 0 bridgehead atoms. The number of hydrogen-bond acceptors (Lipinski definition) is 4. The minimum atomic E-state index is -0.752. The van der Waals surface area contributed by atoms with Crippen molar-refractivity contribution in [2.45, 2.75) is 117 Å². The third kappa shape index (κ3) is 3.22. The van der Waals surface area contributed by atoms with Gasteiger partial charge in [-0.15, -0.1) is 0 Å². The monoisotopic (exact) mass is 500 g/mol. The van der Waals surface area contributed by atoms with Gasteiger partial charge >= 0.3 is 5.97 Å². The molecular formula is C32H52O4. The molecule has 2 unspecified atom stereocenters. The first-order valence-corrected chi connectivity index (χ1v) is 14.8. The van der Waals surface area contributed by atoms with Gasteiger partial charge in [-0.3, -0.25) is 4.79 Å². The molecule has 0 aliphatic heterocycles. The highest BCUT2D eigenvalue weighted by Gasteiger charge is 2.83. The van der Waals surface area contributed by atoms with Crippen molar-refractivity contribution in [3.05, 3.63) is 12.2 Å². The molecule has 0 aromatic heterocycles. The van der Waals surface area contributed by atoms with Gasteiger partial charge in [-0.05, 0) is 130 Å². The third-order valence-electron chi connectivity index (χ3n) is 13.7. The van der Waals surface area contributed by atoms with Crippen LogP contribution in [0.3, 0.4) is 0 Å². The fourth-order valence-electron chi connectivity index (χ4n) is 11.3. The number of aliphatic hydroxyl groups is 1. The molecule has 5 fully saturated rings. The number of rotatable bonds is 6. The minimum absolute atomic E-state index is 0.189. The van der Waals surface area contributed by atoms with Gasteiger partial charge in [-0.25, -0.2) is 0 Å². The Bertz CT molecular complexity index is 925. The molecule has 4 heteroatoms. The van der Waals surface area contributed by atoms with Crippen LogP contribution in [0, 0.1) is 50.7 Å². The molecule has 0 aromatic rings. The standard InChI is InChI=1S/C32H52O4/c1-21(10-9-15-27(2,3)36-8)22-13-16-29(5)23-11-12-24-30(6,26(34)35-7)25(33)14-17-31(24)20-32(23,31)19-18-28(22,29)4/h9,15,21-25,33H,10-14,16-20H2,1-8H3/b15-9+/t21-,22-,23?,24?,25+,28-,29+,30+,31-,32+/m1/s1. The molecule has 204 valence electrons. The van der Waals surface area contributed by atoms with E-state index in [-0.39, 0.29) is 22.9 Å².